The van der Waals surface area contributed by atoms with E-state index in [0.29, 0.717) is 5.92 Å². The molecule has 0 spiro atoms. The van der Waals surface area contributed by atoms with Gasteiger partial charge in [0.1, 0.15) is 6.04 Å². The Morgan fingerprint density at radius 2 is 2.12 bits per heavy atom. The van der Waals surface area contributed by atoms with E-state index in [1.54, 1.807) is 0 Å². The predicted molar refractivity (Wildman–Crippen MR) is 64.8 cm³/mol. The second-order valence-electron chi connectivity index (χ2n) is 5.46. The highest BCUT2D eigenvalue weighted by atomic mass is 16.4. The molecule has 1 aliphatic carbocycles. The summed E-state index contributed by atoms with van der Waals surface area (Å²) in [6, 6.07) is -0.305. The van der Waals surface area contributed by atoms with Gasteiger partial charge in [-0.05, 0) is 44.6 Å². The van der Waals surface area contributed by atoms with Gasteiger partial charge in [-0.2, -0.15) is 0 Å². The molecule has 0 amide bonds. The monoisotopic (exact) mass is 241 g/mol. The number of carbonyl (C=O) groups is 1. The van der Waals surface area contributed by atoms with E-state index in [2.05, 4.69) is 6.92 Å². The first kappa shape index (κ1) is 12.8. The molecule has 0 aromatic rings. The molecule has 4 unspecified atom stereocenters. The number of likely N-dealkylation sites (tertiary alicyclic amines) is 1. The van der Waals surface area contributed by atoms with Gasteiger partial charge in [0, 0.05) is 6.04 Å². The Labute approximate surface area is 103 Å². The molecule has 1 saturated carbocycles. The Morgan fingerprint density at radius 1 is 1.35 bits per heavy atom. The molecule has 2 fully saturated rings. The molecule has 4 atom stereocenters. The summed E-state index contributed by atoms with van der Waals surface area (Å²) in [4.78, 5) is 13.4. The van der Waals surface area contributed by atoms with Crippen LogP contribution >= 0.6 is 0 Å². The first-order valence-corrected chi connectivity index (χ1v) is 6.80. The van der Waals surface area contributed by atoms with Gasteiger partial charge in [-0.3, -0.25) is 9.69 Å². The van der Waals surface area contributed by atoms with Crippen molar-refractivity contribution in [2.24, 2.45) is 5.92 Å². The Kier molecular flexibility index (Phi) is 4.05. The van der Waals surface area contributed by atoms with Crippen molar-refractivity contribution >= 4 is 5.97 Å². The molecular weight excluding hydrogens is 218 g/mol. The molecule has 1 heterocycles. The fourth-order valence-corrected chi connectivity index (χ4v) is 3.37. The number of nitrogens with zero attached hydrogens (tertiary/aromatic N) is 1. The normalized spacial score (nSPS) is 39.4. The molecule has 1 saturated heterocycles. The minimum Gasteiger partial charge on any atom is -0.480 e. The van der Waals surface area contributed by atoms with Gasteiger partial charge in [0.05, 0.1) is 6.10 Å². The van der Waals surface area contributed by atoms with Gasteiger partial charge in [0.25, 0.3) is 0 Å². The predicted octanol–water partition coefficient (Wildman–Crippen LogP) is 1.47. The summed E-state index contributed by atoms with van der Waals surface area (Å²) < 4.78 is 0. The van der Waals surface area contributed by atoms with Crippen molar-refractivity contribution < 1.29 is 15.0 Å². The third-order valence-corrected chi connectivity index (χ3v) is 4.48. The Bertz CT molecular complexity index is 282. The van der Waals surface area contributed by atoms with Crippen molar-refractivity contribution in [1.29, 1.82) is 0 Å². The highest BCUT2D eigenvalue weighted by molar-refractivity contribution is 5.73. The van der Waals surface area contributed by atoms with Crippen LogP contribution in [0.3, 0.4) is 0 Å². The Balaban J connectivity index is 2.07. The van der Waals surface area contributed by atoms with Crippen LogP contribution < -0.4 is 0 Å². The third-order valence-electron chi connectivity index (χ3n) is 4.48. The summed E-state index contributed by atoms with van der Waals surface area (Å²) >= 11 is 0. The second kappa shape index (κ2) is 5.36. The molecule has 0 bridgehead atoms. The highest BCUT2D eigenvalue weighted by Gasteiger charge is 2.40. The summed E-state index contributed by atoms with van der Waals surface area (Å²) in [7, 11) is 0. The lowest BCUT2D eigenvalue weighted by atomic mass is 9.87. The van der Waals surface area contributed by atoms with E-state index in [-0.39, 0.29) is 18.2 Å². The van der Waals surface area contributed by atoms with E-state index in [1.807, 2.05) is 4.90 Å². The Morgan fingerprint density at radius 3 is 2.65 bits per heavy atom. The van der Waals surface area contributed by atoms with Crippen LogP contribution in [0.5, 0.6) is 0 Å². The van der Waals surface area contributed by atoms with Gasteiger partial charge in [-0.25, -0.2) is 0 Å². The van der Waals surface area contributed by atoms with Gasteiger partial charge >= 0.3 is 5.97 Å². The average molecular weight is 241 g/mol. The number of hydrogen-bond donors (Lipinski definition) is 2. The van der Waals surface area contributed by atoms with E-state index >= 15 is 0 Å². The van der Waals surface area contributed by atoms with E-state index in [9.17, 15) is 15.0 Å². The van der Waals surface area contributed by atoms with Crippen LogP contribution in [0.4, 0.5) is 0 Å². The Hall–Kier alpha value is -0.610. The maximum atomic E-state index is 11.4. The van der Waals surface area contributed by atoms with Crippen molar-refractivity contribution in [3.05, 3.63) is 0 Å². The summed E-state index contributed by atoms with van der Waals surface area (Å²) in [6.07, 6.45) is 5.34. The molecule has 17 heavy (non-hydrogen) atoms. The van der Waals surface area contributed by atoms with Gasteiger partial charge in [-0.15, -0.1) is 0 Å². The highest BCUT2D eigenvalue weighted by Crippen LogP contribution is 2.32. The number of piperidine rings is 1. The minimum atomic E-state index is -0.720. The smallest absolute Gasteiger partial charge is 0.320 e. The number of rotatable bonds is 3. The molecule has 2 rings (SSSR count). The number of carboxylic acids is 1. The minimum absolute atomic E-state index is 0.0777. The number of carboxylic acid groups (broad SMARTS) is 1. The zero-order valence-electron chi connectivity index (χ0n) is 10.5. The van der Waals surface area contributed by atoms with E-state index < -0.39 is 5.97 Å². The number of aliphatic hydroxyl groups is 1. The van der Waals surface area contributed by atoms with E-state index in [0.717, 1.165) is 45.1 Å². The molecule has 98 valence electrons. The fraction of sp³-hybridized carbons (Fsp3) is 0.923. The van der Waals surface area contributed by atoms with Gasteiger partial charge in [-0.1, -0.05) is 13.3 Å². The van der Waals surface area contributed by atoms with Crippen molar-refractivity contribution in [3.8, 4) is 0 Å². The standard InChI is InChI=1S/C13H23NO3/c1-2-9-6-7-14(11(8-9)13(16)17)10-4-3-5-12(10)15/h9-12,15H,2-8H2,1H3,(H,16,17). The third kappa shape index (κ3) is 2.63. The molecular formula is C13H23NO3. The maximum absolute atomic E-state index is 11.4. The van der Waals surface area contributed by atoms with Crippen LogP contribution in [0.1, 0.15) is 45.4 Å². The van der Waals surface area contributed by atoms with Gasteiger partial charge in [0.2, 0.25) is 0 Å². The van der Waals surface area contributed by atoms with Crippen LogP contribution in [0.25, 0.3) is 0 Å². The molecule has 4 heteroatoms. The maximum Gasteiger partial charge on any atom is 0.320 e. The largest absolute Gasteiger partial charge is 0.480 e. The molecule has 0 aromatic heterocycles. The molecule has 2 N–H and O–H groups in total. The SMILES string of the molecule is CCC1CCN(C2CCCC2O)C(C(=O)O)C1. The number of aliphatic hydroxyl groups excluding tert-OH is 1. The van der Waals surface area contributed by atoms with Crippen LogP contribution in [0.15, 0.2) is 0 Å². The van der Waals surface area contributed by atoms with Crippen molar-refractivity contribution in [2.45, 2.75) is 63.6 Å². The number of aliphatic carboxylic acids is 1. The molecule has 1 aliphatic heterocycles. The lowest BCUT2D eigenvalue weighted by Crippen LogP contribution is -2.54. The van der Waals surface area contributed by atoms with Crippen molar-refractivity contribution in [3.63, 3.8) is 0 Å². The van der Waals surface area contributed by atoms with Crippen molar-refractivity contribution in [2.75, 3.05) is 6.54 Å². The van der Waals surface area contributed by atoms with Crippen LogP contribution in [-0.2, 0) is 4.79 Å². The second-order valence-corrected chi connectivity index (χ2v) is 5.46. The molecule has 0 aromatic carbocycles. The summed E-state index contributed by atoms with van der Waals surface area (Å²) in [6.45, 7) is 2.96. The van der Waals surface area contributed by atoms with Gasteiger partial charge in [0.15, 0.2) is 0 Å². The first-order valence-electron chi connectivity index (χ1n) is 6.80. The lowest BCUT2D eigenvalue weighted by Gasteiger charge is -2.41. The van der Waals surface area contributed by atoms with E-state index in [4.69, 9.17) is 0 Å². The quantitative estimate of drug-likeness (QED) is 0.785. The van der Waals surface area contributed by atoms with Crippen molar-refractivity contribution in [1.82, 2.24) is 4.90 Å². The van der Waals surface area contributed by atoms with E-state index in [1.165, 1.54) is 0 Å². The summed E-state index contributed by atoms with van der Waals surface area (Å²) in [5.74, 6) is -0.187. The number of hydrogen-bond acceptors (Lipinski definition) is 3. The van der Waals surface area contributed by atoms with Crippen LogP contribution in [0, 0.1) is 5.92 Å². The average Bonchev–Trinajstić information content (AvgIpc) is 2.74. The summed E-state index contributed by atoms with van der Waals surface area (Å²) in [5, 5.41) is 19.3. The topological polar surface area (TPSA) is 60.8 Å². The molecule has 4 nitrogen and oxygen atoms in total. The van der Waals surface area contributed by atoms with Crippen LogP contribution in [-0.4, -0.2) is 45.8 Å². The fourth-order valence-electron chi connectivity index (χ4n) is 3.37. The summed E-state index contributed by atoms with van der Waals surface area (Å²) in [5.41, 5.74) is 0. The van der Waals surface area contributed by atoms with Crippen LogP contribution in [0.2, 0.25) is 0 Å². The van der Waals surface area contributed by atoms with Gasteiger partial charge < -0.3 is 10.2 Å². The first-order chi connectivity index (χ1) is 8.13. The zero-order valence-corrected chi connectivity index (χ0v) is 10.5. The molecule has 0 radical (unpaired) electrons. The lowest BCUT2D eigenvalue weighted by molar-refractivity contribution is -0.147. The molecule has 2 aliphatic rings. The zero-order chi connectivity index (χ0) is 12.4.